The highest BCUT2D eigenvalue weighted by molar-refractivity contribution is 9.10. The number of alkyl halides is 1. The maximum atomic E-state index is 11.1. The molecule has 1 aliphatic rings. The molecule has 0 aromatic rings. The number of nitrogens with one attached hydrogen (secondary N) is 1. The summed E-state index contributed by atoms with van der Waals surface area (Å²) in [5.41, 5.74) is 0. The monoisotopic (exact) mass is 292 g/mol. The number of ether oxygens (including phenoxy) is 1. The van der Waals surface area contributed by atoms with Gasteiger partial charge in [0.15, 0.2) is 0 Å². The van der Waals surface area contributed by atoms with E-state index in [9.17, 15) is 4.79 Å². The molecule has 1 saturated heterocycles. The minimum atomic E-state index is -0.233. The minimum Gasteiger partial charge on any atom is -0.468 e. The van der Waals surface area contributed by atoms with Gasteiger partial charge in [-0.05, 0) is 45.4 Å². The molecular weight excluding hydrogens is 272 g/mol. The molecule has 1 rings (SSSR count). The SMILES string of the molecule is COC(=O)C(Br)CNCC1CCN(C)CC1. The van der Waals surface area contributed by atoms with E-state index in [2.05, 4.69) is 37.9 Å². The number of rotatable bonds is 5. The maximum Gasteiger partial charge on any atom is 0.320 e. The van der Waals surface area contributed by atoms with Crippen LogP contribution in [-0.4, -0.2) is 56.0 Å². The van der Waals surface area contributed by atoms with Crippen LogP contribution in [-0.2, 0) is 9.53 Å². The van der Waals surface area contributed by atoms with Gasteiger partial charge in [-0.15, -0.1) is 0 Å². The largest absolute Gasteiger partial charge is 0.468 e. The Hall–Kier alpha value is -0.130. The summed E-state index contributed by atoms with van der Waals surface area (Å²) in [6.45, 7) is 3.99. The van der Waals surface area contributed by atoms with Crippen LogP contribution in [0.4, 0.5) is 0 Å². The topological polar surface area (TPSA) is 41.6 Å². The predicted octanol–water partition coefficient (Wildman–Crippen LogP) is 0.854. The van der Waals surface area contributed by atoms with Crippen LogP contribution in [0.3, 0.4) is 0 Å². The Balaban J connectivity index is 2.09. The highest BCUT2D eigenvalue weighted by atomic mass is 79.9. The molecule has 1 N–H and O–H groups in total. The van der Waals surface area contributed by atoms with Crippen LogP contribution in [0.1, 0.15) is 12.8 Å². The molecule has 16 heavy (non-hydrogen) atoms. The quantitative estimate of drug-likeness (QED) is 0.603. The maximum absolute atomic E-state index is 11.1. The van der Waals surface area contributed by atoms with E-state index in [-0.39, 0.29) is 10.8 Å². The van der Waals surface area contributed by atoms with Crippen LogP contribution < -0.4 is 5.32 Å². The van der Waals surface area contributed by atoms with Crippen molar-refractivity contribution in [3.8, 4) is 0 Å². The van der Waals surface area contributed by atoms with Crippen molar-refractivity contribution < 1.29 is 9.53 Å². The number of piperidine rings is 1. The molecule has 4 nitrogen and oxygen atoms in total. The van der Waals surface area contributed by atoms with Crippen LogP contribution in [0.15, 0.2) is 0 Å². The number of likely N-dealkylation sites (tertiary alicyclic amines) is 1. The Morgan fingerprint density at radius 3 is 2.75 bits per heavy atom. The first-order valence-electron chi connectivity index (χ1n) is 5.74. The summed E-state index contributed by atoms with van der Waals surface area (Å²) in [5.74, 6) is 0.532. The van der Waals surface area contributed by atoms with E-state index in [1.807, 2.05) is 0 Å². The second-order valence-electron chi connectivity index (χ2n) is 4.40. The lowest BCUT2D eigenvalue weighted by Gasteiger charge is -2.29. The van der Waals surface area contributed by atoms with Crippen molar-refractivity contribution in [2.24, 2.45) is 5.92 Å². The predicted molar refractivity (Wildman–Crippen MR) is 67.8 cm³/mol. The van der Waals surface area contributed by atoms with E-state index in [4.69, 9.17) is 0 Å². The number of carbonyl (C=O) groups is 1. The van der Waals surface area contributed by atoms with Gasteiger partial charge in [-0.1, -0.05) is 15.9 Å². The van der Waals surface area contributed by atoms with Crippen molar-refractivity contribution in [1.29, 1.82) is 0 Å². The van der Waals surface area contributed by atoms with E-state index >= 15 is 0 Å². The summed E-state index contributed by atoms with van der Waals surface area (Å²) in [6, 6.07) is 0. The molecule has 1 unspecified atom stereocenters. The molecule has 94 valence electrons. The van der Waals surface area contributed by atoms with Gasteiger partial charge in [0.25, 0.3) is 0 Å². The fourth-order valence-corrected chi connectivity index (χ4v) is 2.31. The zero-order valence-corrected chi connectivity index (χ0v) is 11.6. The summed E-state index contributed by atoms with van der Waals surface area (Å²) < 4.78 is 4.64. The van der Waals surface area contributed by atoms with Gasteiger partial charge in [-0.25, -0.2) is 0 Å². The lowest BCUT2D eigenvalue weighted by Crippen LogP contribution is -2.37. The fraction of sp³-hybridized carbons (Fsp3) is 0.909. The number of methoxy groups -OCH3 is 1. The third-order valence-electron chi connectivity index (χ3n) is 3.05. The van der Waals surface area contributed by atoms with Gasteiger partial charge >= 0.3 is 5.97 Å². The molecule has 0 aromatic heterocycles. The van der Waals surface area contributed by atoms with Gasteiger partial charge in [-0.2, -0.15) is 0 Å². The number of halogens is 1. The smallest absolute Gasteiger partial charge is 0.320 e. The third-order valence-corrected chi connectivity index (χ3v) is 3.75. The highest BCUT2D eigenvalue weighted by Crippen LogP contribution is 2.14. The van der Waals surface area contributed by atoms with E-state index in [1.165, 1.54) is 33.0 Å². The van der Waals surface area contributed by atoms with E-state index in [0.717, 1.165) is 12.5 Å². The molecule has 0 bridgehead atoms. The van der Waals surface area contributed by atoms with Gasteiger partial charge < -0.3 is 15.0 Å². The second kappa shape index (κ2) is 7.25. The van der Waals surface area contributed by atoms with Crippen molar-refractivity contribution in [2.45, 2.75) is 17.7 Å². The molecule has 0 radical (unpaired) electrons. The lowest BCUT2D eigenvalue weighted by atomic mass is 9.97. The minimum absolute atomic E-state index is 0.212. The van der Waals surface area contributed by atoms with Gasteiger partial charge in [0.1, 0.15) is 4.83 Å². The zero-order chi connectivity index (χ0) is 12.0. The van der Waals surface area contributed by atoms with Crippen LogP contribution in [0.25, 0.3) is 0 Å². The number of hydrogen-bond acceptors (Lipinski definition) is 4. The van der Waals surface area contributed by atoms with Crippen LogP contribution in [0.2, 0.25) is 0 Å². The van der Waals surface area contributed by atoms with E-state index in [0.29, 0.717) is 6.54 Å². The van der Waals surface area contributed by atoms with Crippen molar-refractivity contribution >= 4 is 21.9 Å². The molecule has 1 aliphatic heterocycles. The highest BCUT2D eigenvalue weighted by Gasteiger charge is 2.18. The van der Waals surface area contributed by atoms with Crippen LogP contribution in [0, 0.1) is 5.92 Å². The molecule has 1 heterocycles. The molecule has 0 saturated carbocycles. The zero-order valence-electron chi connectivity index (χ0n) is 10.0. The van der Waals surface area contributed by atoms with E-state index in [1.54, 1.807) is 0 Å². The molecule has 0 spiro atoms. The summed E-state index contributed by atoms with van der Waals surface area (Å²) in [6.07, 6.45) is 2.49. The number of esters is 1. The van der Waals surface area contributed by atoms with Crippen LogP contribution in [0.5, 0.6) is 0 Å². The Labute approximate surface area is 106 Å². The Morgan fingerprint density at radius 2 is 2.19 bits per heavy atom. The lowest BCUT2D eigenvalue weighted by molar-refractivity contribution is -0.139. The van der Waals surface area contributed by atoms with Crippen molar-refractivity contribution in [3.63, 3.8) is 0 Å². The van der Waals surface area contributed by atoms with Crippen molar-refractivity contribution in [1.82, 2.24) is 10.2 Å². The average Bonchev–Trinajstić information content (AvgIpc) is 2.30. The number of nitrogens with zero attached hydrogens (tertiary/aromatic N) is 1. The van der Waals surface area contributed by atoms with Crippen LogP contribution >= 0.6 is 15.9 Å². The molecule has 0 aliphatic carbocycles. The number of hydrogen-bond donors (Lipinski definition) is 1. The van der Waals surface area contributed by atoms with Gasteiger partial charge in [0, 0.05) is 6.54 Å². The van der Waals surface area contributed by atoms with Crippen molar-refractivity contribution in [2.75, 3.05) is 40.3 Å². The Kier molecular flexibility index (Phi) is 6.31. The average molecular weight is 293 g/mol. The second-order valence-corrected chi connectivity index (χ2v) is 5.50. The Bertz CT molecular complexity index is 218. The molecule has 1 atom stereocenters. The van der Waals surface area contributed by atoms with Gasteiger partial charge in [-0.3, -0.25) is 4.79 Å². The summed E-state index contributed by atoms with van der Waals surface area (Å²) in [7, 11) is 3.57. The van der Waals surface area contributed by atoms with Crippen molar-refractivity contribution in [3.05, 3.63) is 0 Å². The summed E-state index contributed by atoms with van der Waals surface area (Å²) in [5, 5.41) is 3.32. The summed E-state index contributed by atoms with van der Waals surface area (Å²) >= 11 is 3.29. The van der Waals surface area contributed by atoms with Gasteiger partial charge in [0.05, 0.1) is 7.11 Å². The first-order chi connectivity index (χ1) is 7.63. The molecular formula is C11H21BrN2O2. The molecule has 0 aromatic carbocycles. The summed E-state index contributed by atoms with van der Waals surface area (Å²) in [4.78, 5) is 13.2. The normalized spacial score (nSPS) is 20.7. The molecule has 0 amide bonds. The molecule has 5 heteroatoms. The fourth-order valence-electron chi connectivity index (χ4n) is 1.89. The first-order valence-corrected chi connectivity index (χ1v) is 6.66. The third kappa shape index (κ3) is 4.80. The number of carbonyl (C=O) groups excluding carboxylic acids is 1. The molecule has 1 fully saturated rings. The van der Waals surface area contributed by atoms with E-state index < -0.39 is 0 Å². The standard InChI is InChI=1S/C11H21BrN2O2/c1-14-5-3-9(4-6-14)7-13-8-10(12)11(15)16-2/h9-10,13H,3-8H2,1-2H3. The van der Waals surface area contributed by atoms with Gasteiger partial charge in [0.2, 0.25) is 0 Å². The Morgan fingerprint density at radius 1 is 1.56 bits per heavy atom. The first kappa shape index (κ1) is 13.9.